The summed E-state index contributed by atoms with van der Waals surface area (Å²) in [6.45, 7) is 2.72. The van der Waals surface area contributed by atoms with Gasteiger partial charge in [0.1, 0.15) is 12.1 Å². The van der Waals surface area contributed by atoms with Crippen molar-refractivity contribution in [2.75, 3.05) is 6.54 Å². The molecule has 1 atom stereocenters. The summed E-state index contributed by atoms with van der Waals surface area (Å²) in [5.74, 6) is 1.02. The largest absolute Gasteiger partial charge is 0.444 e. The van der Waals surface area contributed by atoms with Crippen LogP contribution in [-0.4, -0.2) is 16.8 Å². The Hall–Kier alpha value is -1.33. The predicted molar refractivity (Wildman–Crippen MR) is 71.7 cm³/mol. The average molecular weight is 266 g/mol. The number of oxazole rings is 1. The predicted octanol–water partition coefficient (Wildman–Crippen LogP) is 3.06. The molecule has 0 fully saturated rings. The van der Waals surface area contributed by atoms with Gasteiger partial charge in [-0.15, -0.1) is 0 Å². The van der Waals surface area contributed by atoms with Crippen molar-refractivity contribution in [1.82, 2.24) is 4.98 Å². The van der Waals surface area contributed by atoms with Crippen LogP contribution in [0, 0.1) is 5.82 Å². The first kappa shape index (κ1) is 13.1. The lowest BCUT2D eigenvalue weighted by Crippen LogP contribution is -2.12. The van der Waals surface area contributed by atoms with Gasteiger partial charge >= 0.3 is 0 Å². The van der Waals surface area contributed by atoms with E-state index in [2.05, 4.69) is 11.9 Å². The molecule has 0 bridgehead atoms. The second-order valence-corrected chi connectivity index (χ2v) is 5.43. The number of halogens is 1. The summed E-state index contributed by atoms with van der Waals surface area (Å²) in [6.07, 6.45) is 1.63. The van der Waals surface area contributed by atoms with Crippen LogP contribution in [0.5, 0.6) is 0 Å². The maximum absolute atomic E-state index is 12.8. The molecule has 5 heteroatoms. The van der Waals surface area contributed by atoms with E-state index in [0.717, 1.165) is 17.0 Å². The zero-order chi connectivity index (χ0) is 13.0. The van der Waals surface area contributed by atoms with Gasteiger partial charge < -0.3 is 10.2 Å². The molecule has 0 radical (unpaired) electrons. The zero-order valence-electron chi connectivity index (χ0n) is 10.1. The number of aromatic nitrogens is 1. The van der Waals surface area contributed by atoms with Gasteiger partial charge in [0.2, 0.25) is 5.89 Å². The molecule has 96 valence electrons. The molecular weight excluding hydrogens is 251 g/mol. The van der Waals surface area contributed by atoms with Gasteiger partial charge in [-0.25, -0.2) is 9.37 Å². The fraction of sp³-hybridized carbons (Fsp3) is 0.308. The molecule has 0 aliphatic rings. The Labute approximate surface area is 110 Å². The molecule has 1 unspecified atom stereocenters. The lowest BCUT2D eigenvalue weighted by Gasteiger charge is -2.04. The van der Waals surface area contributed by atoms with Crippen molar-refractivity contribution in [3.63, 3.8) is 0 Å². The number of hydrogen-bond acceptors (Lipinski definition) is 4. The number of rotatable bonds is 5. The maximum Gasteiger partial charge on any atom is 0.226 e. The molecule has 3 nitrogen and oxygen atoms in total. The Kier molecular flexibility index (Phi) is 4.38. The normalized spacial score (nSPS) is 12.6. The number of thioether (sulfide) groups is 1. The average Bonchev–Trinajstić information content (AvgIpc) is 2.85. The van der Waals surface area contributed by atoms with Gasteiger partial charge in [-0.2, -0.15) is 11.8 Å². The molecule has 2 aromatic rings. The Morgan fingerprint density at radius 2 is 2.11 bits per heavy atom. The molecule has 2 N–H and O–H groups in total. The highest BCUT2D eigenvalue weighted by Crippen LogP contribution is 2.22. The molecule has 0 saturated carbocycles. The SMILES string of the molecule is CC(CN)SCc1coc(-c2ccc(F)cc2)n1. The van der Waals surface area contributed by atoms with Gasteiger partial charge in [-0.3, -0.25) is 0 Å². The van der Waals surface area contributed by atoms with Crippen LogP contribution in [0.15, 0.2) is 34.9 Å². The third-order valence-electron chi connectivity index (χ3n) is 2.49. The quantitative estimate of drug-likeness (QED) is 0.903. The lowest BCUT2D eigenvalue weighted by molar-refractivity contribution is 0.573. The van der Waals surface area contributed by atoms with E-state index in [0.29, 0.717) is 17.7 Å². The van der Waals surface area contributed by atoms with Crippen LogP contribution in [0.2, 0.25) is 0 Å². The highest BCUT2D eigenvalue weighted by molar-refractivity contribution is 7.99. The van der Waals surface area contributed by atoms with Crippen LogP contribution in [-0.2, 0) is 5.75 Å². The summed E-state index contributed by atoms with van der Waals surface area (Å²) in [7, 11) is 0. The van der Waals surface area contributed by atoms with E-state index in [-0.39, 0.29) is 5.82 Å². The van der Waals surface area contributed by atoms with E-state index in [9.17, 15) is 4.39 Å². The molecule has 0 aliphatic carbocycles. The minimum Gasteiger partial charge on any atom is -0.444 e. The van der Waals surface area contributed by atoms with Crippen molar-refractivity contribution >= 4 is 11.8 Å². The van der Waals surface area contributed by atoms with Crippen molar-refractivity contribution in [3.8, 4) is 11.5 Å². The third kappa shape index (κ3) is 3.34. The van der Waals surface area contributed by atoms with Gasteiger partial charge in [0.05, 0.1) is 5.69 Å². The molecule has 18 heavy (non-hydrogen) atoms. The van der Waals surface area contributed by atoms with E-state index in [1.54, 1.807) is 30.2 Å². The second kappa shape index (κ2) is 6.02. The van der Waals surface area contributed by atoms with Gasteiger partial charge in [-0.05, 0) is 24.3 Å². The van der Waals surface area contributed by atoms with Crippen LogP contribution in [0.3, 0.4) is 0 Å². The van der Waals surface area contributed by atoms with E-state index in [1.807, 2.05) is 0 Å². The van der Waals surface area contributed by atoms with Crippen LogP contribution in [0.25, 0.3) is 11.5 Å². The Balaban J connectivity index is 2.03. The van der Waals surface area contributed by atoms with E-state index in [4.69, 9.17) is 10.2 Å². The number of nitrogens with two attached hydrogens (primary N) is 1. The zero-order valence-corrected chi connectivity index (χ0v) is 10.9. The standard InChI is InChI=1S/C13H15FN2OS/c1-9(6-15)18-8-12-7-17-13(16-12)10-2-4-11(14)5-3-10/h2-5,7,9H,6,8,15H2,1H3. The molecule has 1 heterocycles. The highest BCUT2D eigenvalue weighted by atomic mass is 32.2. The first-order valence-electron chi connectivity index (χ1n) is 5.71. The Bertz CT molecular complexity index is 498. The Morgan fingerprint density at radius 3 is 2.78 bits per heavy atom. The highest BCUT2D eigenvalue weighted by Gasteiger charge is 2.08. The van der Waals surface area contributed by atoms with Crippen molar-refractivity contribution in [1.29, 1.82) is 0 Å². The number of benzene rings is 1. The smallest absolute Gasteiger partial charge is 0.226 e. The van der Waals surface area contributed by atoms with Crippen molar-refractivity contribution in [2.45, 2.75) is 17.9 Å². The number of nitrogens with zero attached hydrogens (tertiary/aromatic N) is 1. The van der Waals surface area contributed by atoms with Gasteiger partial charge in [0, 0.05) is 23.1 Å². The molecule has 1 aromatic carbocycles. The first-order chi connectivity index (χ1) is 8.69. The molecule has 0 aliphatic heterocycles. The van der Waals surface area contributed by atoms with Gasteiger partial charge in [0.25, 0.3) is 0 Å². The van der Waals surface area contributed by atoms with E-state index < -0.39 is 0 Å². The van der Waals surface area contributed by atoms with E-state index in [1.165, 1.54) is 12.1 Å². The minimum atomic E-state index is -0.266. The summed E-state index contributed by atoms with van der Waals surface area (Å²) in [5.41, 5.74) is 7.20. The molecule has 1 aromatic heterocycles. The second-order valence-electron chi connectivity index (χ2n) is 4.01. The van der Waals surface area contributed by atoms with Gasteiger partial charge in [-0.1, -0.05) is 6.92 Å². The van der Waals surface area contributed by atoms with Crippen LogP contribution >= 0.6 is 11.8 Å². The van der Waals surface area contributed by atoms with Crippen molar-refractivity contribution in [3.05, 3.63) is 42.0 Å². The van der Waals surface area contributed by atoms with Crippen molar-refractivity contribution in [2.24, 2.45) is 5.73 Å². The monoisotopic (exact) mass is 266 g/mol. The molecule has 0 spiro atoms. The number of hydrogen-bond donors (Lipinski definition) is 1. The van der Waals surface area contributed by atoms with Crippen LogP contribution < -0.4 is 5.73 Å². The topological polar surface area (TPSA) is 52.0 Å². The summed E-state index contributed by atoms with van der Waals surface area (Å²) < 4.78 is 18.2. The molecule has 2 rings (SSSR count). The van der Waals surface area contributed by atoms with Gasteiger partial charge in [0.15, 0.2) is 0 Å². The summed E-state index contributed by atoms with van der Waals surface area (Å²) in [5, 5.41) is 0.399. The summed E-state index contributed by atoms with van der Waals surface area (Å²) in [4.78, 5) is 4.37. The molecule has 0 saturated heterocycles. The molecule has 0 amide bonds. The van der Waals surface area contributed by atoms with Crippen LogP contribution in [0.4, 0.5) is 4.39 Å². The van der Waals surface area contributed by atoms with Crippen molar-refractivity contribution < 1.29 is 8.81 Å². The third-order valence-corrected chi connectivity index (χ3v) is 3.71. The summed E-state index contributed by atoms with van der Waals surface area (Å²) >= 11 is 1.73. The fourth-order valence-electron chi connectivity index (χ4n) is 1.39. The first-order valence-corrected chi connectivity index (χ1v) is 6.76. The minimum absolute atomic E-state index is 0.266. The Morgan fingerprint density at radius 1 is 1.39 bits per heavy atom. The van der Waals surface area contributed by atoms with Crippen LogP contribution in [0.1, 0.15) is 12.6 Å². The molecular formula is C13H15FN2OS. The maximum atomic E-state index is 12.8. The van der Waals surface area contributed by atoms with E-state index >= 15 is 0 Å². The summed E-state index contributed by atoms with van der Waals surface area (Å²) in [6, 6.07) is 6.09. The lowest BCUT2D eigenvalue weighted by atomic mass is 10.2. The fourth-order valence-corrected chi connectivity index (χ4v) is 2.12.